The summed E-state index contributed by atoms with van der Waals surface area (Å²) < 4.78 is 5.76. The lowest BCUT2D eigenvalue weighted by Gasteiger charge is -2.36. The summed E-state index contributed by atoms with van der Waals surface area (Å²) in [5, 5.41) is 4.86. The fraction of sp³-hybridized carbons (Fsp3) is 0.933. The van der Waals surface area contributed by atoms with Crippen LogP contribution in [0.2, 0.25) is 0 Å². The second kappa shape index (κ2) is 6.98. The Morgan fingerprint density at radius 2 is 2.05 bits per heavy atom. The highest BCUT2D eigenvalue weighted by Gasteiger charge is 2.30. The normalized spacial score (nSPS) is 37.7. The van der Waals surface area contributed by atoms with Crippen molar-refractivity contribution in [3.63, 3.8) is 0 Å². The van der Waals surface area contributed by atoms with Crippen molar-refractivity contribution < 1.29 is 4.74 Å². The fourth-order valence-electron chi connectivity index (χ4n) is 3.42. The molecule has 3 fully saturated rings. The Kier molecular flexibility index (Phi) is 5.05. The third-order valence-electron chi connectivity index (χ3n) is 4.63. The summed E-state index contributed by atoms with van der Waals surface area (Å²) in [5.41, 5.74) is 0. The molecule has 3 unspecified atom stereocenters. The van der Waals surface area contributed by atoms with Crippen LogP contribution < -0.4 is 5.32 Å². The molecule has 0 radical (unpaired) electrons. The van der Waals surface area contributed by atoms with Gasteiger partial charge in [0, 0.05) is 24.9 Å². The second-order valence-corrected chi connectivity index (χ2v) is 7.08. The Morgan fingerprint density at radius 3 is 2.95 bits per heavy atom. The number of rotatable bonds is 3. The van der Waals surface area contributed by atoms with Crippen LogP contribution in [0.4, 0.5) is 0 Å². The summed E-state index contributed by atoms with van der Waals surface area (Å²) >= 11 is 1.93. The molecule has 2 saturated heterocycles. The quantitative estimate of drug-likeness (QED) is 0.863. The molecule has 0 amide bonds. The number of nitrogens with one attached hydrogen (secondary N) is 1. The Hall–Kier alpha value is -0.220. The van der Waals surface area contributed by atoms with Gasteiger partial charge in [0.1, 0.15) is 0 Å². The van der Waals surface area contributed by atoms with E-state index in [9.17, 15) is 0 Å². The lowest BCUT2D eigenvalue weighted by Crippen LogP contribution is -2.46. The summed E-state index contributed by atoms with van der Waals surface area (Å²) in [6.45, 7) is 1.88. The van der Waals surface area contributed by atoms with E-state index in [1.54, 1.807) is 0 Å². The standard InChI is InChI=1S/C15H26N2OS/c1-2-7-14-12(5-1)11-19-15(17-14)16-9-8-13-6-3-4-10-18-13/h12-14H,1-11H2,(H,16,17). The van der Waals surface area contributed by atoms with Crippen LogP contribution in [0.3, 0.4) is 0 Å². The molecule has 108 valence electrons. The number of aliphatic imine (C=N–C) groups is 1. The van der Waals surface area contributed by atoms with Gasteiger partial charge in [-0.25, -0.2) is 0 Å². The third-order valence-corrected chi connectivity index (χ3v) is 5.75. The molecule has 1 N–H and O–H groups in total. The van der Waals surface area contributed by atoms with Crippen LogP contribution >= 0.6 is 11.8 Å². The predicted octanol–water partition coefficient (Wildman–Crippen LogP) is 3.20. The van der Waals surface area contributed by atoms with E-state index in [0.717, 1.165) is 25.5 Å². The summed E-state index contributed by atoms with van der Waals surface area (Å²) in [5.74, 6) is 2.16. The summed E-state index contributed by atoms with van der Waals surface area (Å²) in [6, 6.07) is 0.708. The molecule has 3 rings (SSSR count). The number of amidine groups is 1. The molecule has 3 aliphatic rings. The van der Waals surface area contributed by atoms with E-state index in [4.69, 9.17) is 9.73 Å². The van der Waals surface area contributed by atoms with Crippen LogP contribution in [0, 0.1) is 5.92 Å². The Labute approximate surface area is 121 Å². The molecule has 0 spiro atoms. The highest BCUT2D eigenvalue weighted by Crippen LogP contribution is 2.31. The molecular weight excluding hydrogens is 256 g/mol. The van der Waals surface area contributed by atoms with Crippen LogP contribution in [0.1, 0.15) is 51.4 Å². The fourth-order valence-corrected chi connectivity index (χ4v) is 4.61. The van der Waals surface area contributed by atoms with E-state index in [-0.39, 0.29) is 0 Å². The minimum atomic E-state index is 0.467. The maximum Gasteiger partial charge on any atom is 0.156 e. The zero-order valence-corrected chi connectivity index (χ0v) is 12.6. The van der Waals surface area contributed by atoms with E-state index in [0.29, 0.717) is 12.1 Å². The Morgan fingerprint density at radius 1 is 1.16 bits per heavy atom. The van der Waals surface area contributed by atoms with Crippen molar-refractivity contribution in [3.8, 4) is 0 Å². The van der Waals surface area contributed by atoms with Crippen LogP contribution in [0.5, 0.6) is 0 Å². The molecule has 1 saturated carbocycles. The van der Waals surface area contributed by atoms with Crippen LogP contribution in [0.15, 0.2) is 4.99 Å². The smallest absolute Gasteiger partial charge is 0.156 e. The van der Waals surface area contributed by atoms with Gasteiger partial charge in [0.05, 0.1) is 6.10 Å². The van der Waals surface area contributed by atoms with Gasteiger partial charge in [-0.15, -0.1) is 0 Å². The Bertz CT molecular complexity index is 315. The molecule has 1 aliphatic carbocycles. The zero-order chi connectivity index (χ0) is 12.9. The predicted molar refractivity (Wildman–Crippen MR) is 81.8 cm³/mol. The van der Waals surface area contributed by atoms with Crippen molar-refractivity contribution in [1.82, 2.24) is 5.32 Å². The molecule has 4 heteroatoms. The van der Waals surface area contributed by atoms with Crippen molar-refractivity contribution in [2.75, 3.05) is 18.9 Å². The number of fused-ring (bicyclic) bond motifs is 1. The number of nitrogens with zero attached hydrogens (tertiary/aromatic N) is 1. The minimum Gasteiger partial charge on any atom is -0.378 e. The first-order chi connectivity index (χ1) is 9.42. The van der Waals surface area contributed by atoms with Crippen molar-refractivity contribution >= 4 is 16.9 Å². The molecular formula is C15H26N2OS. The van der Waals surface area contributed by atoms with Gasteiger partial charge in [-0.1, -0.05) is 24.6 Å². The average molecular weight is 282 g/mol. The largest absolute Gasteiger partial charge is 0.378 e. The second-order valence-electron chi connectivity index (χ2n) is 6.07. The van der Waals surface area contributed by atoms with Gasteiger partial charge in [-0.3, -0.25) is 4.99 Å². The summed E-state index contributed by atoms with van der Waals surface area (Å²) in [6.07, 6.45) is 10.9. The number of ether oxygens (including phenoxy) is 1. The average Bonchev–Trinajstić information content (AvgIpc) is 2.48. The van der Waals surface area contributed by atoms with E-state index in [1.165, 1.54) is 55.9 Å². The van der Waals surface area contributed by atoms with E-state index in [1.807, 2.05) is 11.8 Å². The number of hydrogen-bond acceptors (Lipinski definition) is 3. The van der Waals surface area contributed by atoms with E-state index >= 15 is 0 Å². The molecule has 0 aromatic rings. The minimum absolute atomic E-state index is 0.467. The van der Waals surface area contributed by atoms with Crippen molar-refractivity contribution in [1.29, 1.82) is 0 Å². The van der Waals surface area contributed by atoms with Gasteiger partial charge in [0.25, 0.3) is 0 Å². The third kappa shape index (κ3) is 3.88. The monoisotopic (exact) mass is 282 g/mol. The lowest BCUT2D eigenvalue weighted by atomic mass is 9.86. The molecule has 3 atom stereocenters. The first kappa shape index (κ1) is 13.7. The van der Waals surface area contributed by atoms with Crippen LogP contribution in [0.25, 0.3) is 0 Å². The van der Waals surface area contributed by atoms with Crippen LogP contribution in [-0.4, -0.2) is 36.2 Å². The van der Waals surface area contributed by atoms with Crippen molar-refractivity contribution in [2.45, 2.75) is 63.5 Å². The first-order valence-electron chi connectivity index (χ1n) is 7.97. The lowest BCUT2D eigenvalue weighted by molar-refractivity contribution is 0.0129. The van der Waals surface area contributed by atoms with Gasteiger partial charge in [0.15, 0.2) is 5.17 Å². The first-order valence-corrected chi connectivity index (χ1v) is 8.96. The molecule has 19 heavy (non-hydrogen) atoms. The highest BCUT2D eigenvalue weighted by molar-refractivity contribution is 8.13. The van der Waals surface area contributed by atoms with Gasteiger partial charge < -0.3 is 10.1 Å². The van der Waals surface area contributed by atoms with E-state index in [2.05, 4.69) is 5.32 Å². The number of thioether (sulfide) groups is 1. The number of hydrogen-bond donors (Lipinski definition) is 1. The molecule has 0 aromatic heterocycles. The maximum absolute atomic E-state index is 5.76. The van der Waals surface area contributed by atoms with Crippen molar-refractivity contribution in [3.05, 3.63) is 0 Å². The van der Waals surface area contributed by atoms with Gasteiger partial charge in [-0.05, 0) is 44.4 Å². The van der Waals surface area contributed by atoms with Gasteiger partial charge in [-0.2, -0.15) is 0 Å². The Balaban J connectivity index is 1.42. The van der Waals surface area contributed by atoms with E-state index < -0.39 is 0 Å². The molecule has 3 nitrogen and oxygen atoms in total. The molecule has 0 bridgehead atoms. The van der Waals surface area contributed by atoms with Crippen molar-refractivity contribution in [2.24, 2.45) is 10.9 Å². The highest BCUT2D eigenvalue weighted by atomic mass is 32.2. The maximum atomic E-state index is 5.76. The SMILES string of the molecule is C1CCC(CCN=C2NC3CCCCC3CS2)OC1. The van der Waals surface area contributed by atoms with Crippen LogP contribution in [-0.2, 0) is 4.74 Å². The molecule has 2 heterocycles. The summed E-state index contributed by atoms with van der Waals surface area (Å²) in [4.78, 5) is 4.76. The zero-order valence-electron chi connectivity index (χ0n) is 11.8. The summed E-state index contributed by atoms with van der Waals surface area (Å²) in [7, 11) is 0. The molecule has 0 aromatic carbocycles. The van der Waals surface area contributed by atoms with Gasteiger partial charge >= 0.3 is 0 Å². The van der Waals surface area contributed by atoms with Gasteiger partial charge in [0.2, 0.25) is 0 Å². The topological polar surface area (TPSA) is 33.6 Å². The molecule has 2 aliphatic heterocycles.